The Hall–Kier alpha value is -3.64. The number of hydrogen-bond donors (Lipinski definition) is 1. The summed E-state index contributed by atoms with van der Waals surface area (Å²) in [5.41, 5.74) is 10.1. The highest BCUT2D eigenvalue weighted by atomic mass is 32.1. The number of thiazole rings is 1. The number of hydrazone groups is 1. The van der Waals surface area contributed by atoms with Gasteiger partial charge in [-0.2, -0.15) is 5.10 Å². The third-order valence-electron chi connectivity index (χ3n) is 6.50. The largest absolute Gasteiger partial charge is 0.493 e. The molecule has 3 aromatic carbocycles. The third-order valence-corrected chi connectivity index (χ3v) is 7.44. The van der Waals surface area contributed by atoms with Crippen LogP contribution in [0.5, 0.6) is 5.75 Å². The summed E-state index contributed by atoms with van der Waals surface area (Å²) in [4.78, 5) is 4.61. The first kappa shape index (κ1) is 24.1. The molecule has 5 aromatic rings. The second kappa shape index (κ2) is 10.5. The molecule has 0 atom stereocenters. The molecule has 36 heavy (non-hydrogen) atoms. The molecule has 0 aliphatic heterocycles. The molecule has 1 N–H and O–H groups in total. The van der Waals surface area contributed by atoms with Crippen molar-refractivity contribution < 1.29 is 4.74 Å². The van der Waals surface area contributed by atoms with Crippen molar-refractivity contribution in [2.24, 2.45) is 5.10 Å². The average Bonchev–Trinajstić information content (AvgIpc) is 3.40. The summed E-state index contributed by atoms with van der Waals surface area (Å²) in [7, 11) is 0. The Morgan fingerprint density at radius 3 is 2.69 bits per heavy atom. The Morgan fingerprint density at radius 2 is 1.86 bits per heavy atom. The zero-order valence-electron chi connectivity index (χ0n) is 21.3. The standard InChI is InChI=1S/C30H32N4OS/c1-20(2)23-15-14-21(3)18-28(23)35-17-9-16-34-22(4)25(24-10-5-7-12-27(24)34)19-31-33-30-32-26-11-6-8-13-29(26)36-30/h5-8,10-15,18-20H,9,16-17H2,1-4H3,(H,32,33)/b31-19-. The number of benzene rings is 3. The van der Waals surface area contributed by atoms with E-state index in [0.29, 0.717) is 12.5 Å². The van der Waals surface area contributed by atoms with E-state index < -0.39 is 0 Å². The first-order valence-corrected chi connectivity index (χ1v) is 13.3. The summed E-state index contributed by atoms with van der Waals surface area (Å²) in [5, 5.41) is 6.53. The molecule has 0 saturated carbocycles. The van der Waals surface area contributed by atoms with Crippen molar-refractivity contribution in [1.29, 1.82) is 0 Å². The smallest absolute Gasteiger partial charge is 0.204 e. The van der Waals surface area contributed by atoms with Gasteiger partial charge in [-0.1, -0.05) is 67.6 Å². The van der Waals surface area contributed by atoms with Gasteiger partial charge in [0.1, 0.15) is 5.75 Å². The van der Waals surface area contributed by atoms with Gasteiger partial charge in [0.25, 0.3) is 0 Å². The van der Waals surface area contributed by atoms with Gasteiger partial charge in [0.15, 0.2) is 0 Å². The van der Waals surface area contributed by atoms with E-state index in [1.807, 2.05) is 24.4 Å². The highest BCUT2D eigenvalue weighted by Gasteiger charge is 2.13. The first-order chi connectivity index (χ1) is 17.5. The van der Waals surface area contributed by atoms with Gasteiger partial charge >= 0.3 is 0 Å². The van der Waals surface area contributed by atoms with Gasteiger partial charge in [-0.15, -0.1) is 0 Å². The number of hydrogen-bond acceptors (Lipinski definition) is 5. The van der Waals surface area contributed by atoms with Gasteiger partial charge < -0.3 is 9.30 Å². The maximum absolute atomic E-state index is 6.24. The van der Waals surface area contributed by atoms with E-state index in [2.05, 4.69) is 96.3 Å². The predicted octanol–water partition coefficient (Wildman–Crippen LogP) is 7.91. The summed E-state index contributed by atoms with van der Waals surface area (Å²) in [6.07, 6.45) is 2.84. The number of anilines is 1. The molecule has 0 aliphatic carbocycles. The van der Waals surface area contributed by atoms with Gasteiger partial charge in [-0.25, -0.2) is 4.98 Å². The van der Waals surface area contributed by atoms with E-state index in [9.17, 15) is 0 Å². The average molecular weight is 497 g/mol. The lowest BCUT2D eigenvalue weighted by Gasteiger charge is -2.15. The zero-order valence-corrected chi connectivity index (χ0v) is 22.1. The number of rotatable bonds is 9. The van der Waals surface area contributed by atoms with Crippen molar-refractivity contribution in [3.63, 3.8) is 0 Å². The van der Waals surface area contributed by atoms with Crippen molar-refractivity contribution in [1.82, 2.24) is 9.55 Å². The molecule has 2 heterocycles. The normalized spacial score (nSPS) is 11.8. The zero-order chi connectivity index (χ0) is 25.1. The van der Waals surface area contributed by atoms with Crippen LogP contribution < -0.4 is 10.2 Å². The van der Waals surface area contributed by atoms with Crippen molar-refractivity contribution >= 4 is 43.8 Å². The third kappa shape index (κ3) is 5.00. The lowest BCUT2D eigenvalue weighted by Crippen LogP contribution is -2.07. The van der Waals surface area contributed by atoms with Crippen LogP contribution in [0.15, 0.2) is 71.8 Å². The predicted molar refractivity (Wildman–Crippen MR) is 153 cm³/mol. The Labute approximate surface area is 216 Å². The molecule has 0 fully saturated rings. The molecule has 0 spiro atoms. The summed E-state index contributed by atoms with van der Waals surface area (Å²) in [6, 6.07) is 23.1. The number of fused-ring (bicyclic) bond motifs is 2. The SMILES string of the molecule is Cc1ccc(C(C)C)c(OCCCn2c(C)c(/C=N\Nc3nc4ccccc4s3)c3ccccc32)c1. The molecule has 0 bridgehead atoms. The van der Waals surface area contributed by atoms with Crippen LogP contribution >= 0.6 is 11.3 Å². The van der Waals surface area contributed by atoms with Crippen LogP contribution in [0.2, 0.25) is 0 Å². The summed E-state index contributed by atoms with van der Waals surface area (Å²) >= 11 is 1.61. The van der Waals surface area contributed by atoms with Crippen molar-refractivity contribution in [2.75, 3.05) is 12.0 Å². The van der Waals surface area contributed by atoms with Crippen LogP contribution in [0.4, 0.5) is 5.13 Å². The maximum Gasteiger partial charge on any atom is 0.204 e. The molecular weight excluding hydrogens is 464 g/mol. The number of aryl methyl sites for hydroxylation is 2. The molecule has 2 aromatic heterocycles. The number of para-hydroxylation sites is 2. The quantitative estimate of drug-likeness (QED) is 0.128. The second-order valence-electron chi connectivity index (χ2n) is 9.42. The minimum atomic E-state index is 0.439. The Morgan fingerprint density at radius 1 is 1.06 bits per heavy atom. The lowest BCUT2D eigenvalue weighted by atomic mass is 10.0. The molecule has 5 nitrogen and oxygen atoms in total. The molecule has 0 radical (unpaired) electrons. The highest BCUT2D eigenvalue weighted by Crippen LogP contribution is 2.29. The fraction of sp³-hybridized carbons (Fsp3) is 0.267. The molecule has 6 heteroatoms. The van der Waals surface area contributed by atoms with E-state index in [-0.39, 0.29) is 0 Å². The Bertz CT molecular complexity index is 1500. The summed E-state index contributed by atoms with van der Waals surface area (Å²) < 4.78 is 9.76. The van der Waals surface area contributed by atoms with Gasteiger partial charge in [0.2, 0.25) is 5.13 Å². The fourth-order valence-corrected chi connectivity index (χ4v) is 5.44. The fourth-order valence-electron chi connectivity index (χ4n) is 4.63. The molecule has 0 amide bonds. The van der Waals surface area contributed by atoms with E-state index >= 15 is 0 Å². The van der Waals surface area contributed by atoms with Crippen molar-refractivity contribution in [3.05, 3.63) is 89.1 Å². The second-order valence-corrected chi connectivity index (χ2v) is 10.5. The maximum atomic E-state index is 6.24. The molecule has 0 saturated heterocycles. The van der Waals surface area contributed by atoms with Gasteiger partial charge in [0, 0.05) is 28.7 Å². The van der Waals surface area contributed by atoms with Crippen LogP contribution in [0.3, 0.4) is 0 Å². The van der Waals surface area contributed by atoms with Crippen LogP contribution in [0, 0.1) is 13.8 Å². The molecule has 0 unspecified atom stereocenters. The molecular formula is C30H32N4OS. The van der Waals surface area contributed by atoms with Gasteiger partial charge in [0.05, 0.1) is 23.0 Å². The minimum absolute atomic E-state index is 0.439. The number of aromatic nitrogens is 2. The van der Waals surface area contributed by atoms with E-state index in [4.69, 9.17) is 4.74 Å². The lowest BCUT2D eigenvalue weighted by molar-refractivity contribution is 0.298. The van der Waals surface area contributed by atoms with E-state index in [1.54, 1.807) is 11.3 Å². The van der Waals surface area contributed by atoms with Crippen molar-refractivity contribution in [3.8, 4) is 5.75 Å². The minimum Gasteiger partial charge on any atom is -0.493 e. The van der Waals surface area contributed by atoms with Crippen LogP contribution in [-0.4, -0.2) is 22.4 Å². The monoisotopic (exact) mass is 496 g/mol. The van der Waals surface area contributed by atoms with Crippen molar-refractivity contribution in [2.45, 2.75) is 46.6 Å². The topological polar surface area (TPSA) is 51.4 Å². The Kier molecular flexibility index (Phi) is 7.05. The number of nitrogens with zero attached hydrogens (tertiary/aromatic N) is 3. The molecule has 0 aliphatic rings. The summed E-state index contributed by atoms with van der Waals surface area (Å²) in [5.74, 6) is 1.45. The molecule has 184 valence electrons. The van der Waals surface area contributed by atoms with Gasteiger partial charge in [-0.05, 0) is 61.6 Å². The Balaban J connectivity index is 1.30. The van der Waals surface area contributed by atoms with Crippen LogP contribution in [0.1, 0.15) is 48.6 Å². The first-order valence-electron chi connectivity index (χ1n) is 12.5. The van der Waals surface area contributed by atoms with Crippen LogP contribution in [-0.2, 0) is 6.54 Å². The van der Waals surface area contributed by atoms with E-state index in [0.717, 1.165) is 39.6 Å². The van der Waals surface area contributed by atoms with E-state index in [1.165, 1.54) is 27.7 Å². The number of ether oxygens (including phenoxy) is 1. The number of nitrogens with one attached hydrogen (secondary N) is 1. The van der Waals surface area contributed by atoms with Crippen LogP contribution in [0.25, 0.3) is 21.1 Å². The van der Waals surface area contributed by atoms with Gasteiger partial charge in [-0.3, -0.25) is 5.43 Å². The summed E-state index contributed by atoms with van der Waals surface area (Å²) in [6.45, 7) is 10.3. The highest BCUT2D eigenvalue weighted by molar-refractivity contribution is 7.22. The molecule has 5 rings (SSSR count).